The van der Waals surface area contributed by atoms with Crippen LogP contribution < -0.4 is 5.32 Å². The number of fused-ring (bicyclic) bond motifs is 1. The van der Waals surface area contributed by atoms with Crippen LogP contribution in [0.2, 0.25) is 0 Å². The van der Waals surface area contributed by atoms with Crippen LogP contribution >= 0.6 is 0 Å². The highest BCUT2D eigenvalue weighted by Crippen LogP contribution is 2.24. The minimum Gasteiger partial charge on any atom is -0.467 e. The maximum absolute atomic E-state index is 13.8. The maximum atomic E-state index is 13.8. The van der Waals surface area contributed by atoms with E-state index in [0.717, 1.165) is 29.5 Å². The third-order valence-electron chi connectivity index (χ3n) is 6.65. The summed E-state index contributed by atoms with van der Waals surface area (Å²) in [5.41, 5.74) is 3.69. The summed E-state index contributed by atoms with van der Waals surface area (Å²) < 4.78 is 12.9. The van der Waals surface area contributed by atoms with Gasteiger partial charge in [0.15, 0.2) is 6.04 Å². The summed E-state index contributed by atoms with van der Waals surface area (Å²) in [5.74, 6) is -0.144. The summed E-state index contributed by atoms with van der Waals surface area (Å²) >= 11 is 0. The number of carbonyl (C=O) groups excluding carboxylic acids is 2. The van der Waals surface area contributed by atoms with Gasteiger partial charge >= 0.3 is 0 Å². The Morgan fingerprint density at radius 1 is 1.16 bits per heavy atom. The quantitative estimate of drug-likeness (QED) is 0.357. The van der Waals surface area contributed by atoms with Crippen LogP contribution in [0.25, 0.3) is 11.0 Å². The monoisotopic (exact) mass is 501 g/mol. The van der Waals surface area contributed by atoms with Crippen molar-refractivity contribution in [3.05, 3.63) is 83.8 Å². The molecule has 2 amide bonds. The Balaban J connectivity index is 1.42. The number of aryl methyl sites for hydroxylation is 1. The molecule has 0 unspecified atom stereocenters. The number of aromatic nitrogens is 3. The third-order valence-corrected chi connectivity index (χ3v) is 6.65. The molecule has 1 aliphatic rings. The van der Waals surface area contributed by atoms with Crippen molar-refractivity contribution in [2.24, 2.45) is 0 Å². The number of furan rings is 1. The first-order valence-electron chi connectivity index (χ1n) is 12.6. The number of nitrogens with one attached hydrogen (secondary N) is 1. The summed E-state index contributed by atoms with van der Waals surface area (Å²) in [5, 5.41) is 11.3. The van der Waals surface area contributed by atoms with Crippen LogP contribution in [-0.2, 0) is 27.3 Å². The summed E-state index contributed by atoms with van der Waals surface area (Å²) in [7, 11) is 0. The van der Waals surface area contributed by atoms with Crippen molar-refractivity contribution in [2.45, 2.75) is 44.9 Å². The van der Waals surface area contributed by atoms with Gasteiger partial charge in [0.05, 0.1) is 17.9 Å². The molecule has 1 fully saturated rings. The van der Waals surface area contributed by atoms with Crippen LogP contribution in [0.1, 0.15) is 35.8 Å². The van der Waals surface area contributed by atoms with Crippen LogP contribution in [0.4, 0.5) is 0 Å². The standard InChI is InChI=1S/C28H31N5O4/c1-20-7-4-8-21(17-20)13-14-32(26(34)19-33-24-11-3-2-10-23(24)30-31-33)27(25-12-6-16-37-25)28(35)29-18-22-9-5-15-36-22/h2-4,6-8,10-12,16-17,22,27H,5,9,13-15,18-19H2,1H3,(H,29,35)/t22-,27+/m1/s1. The van der Waals surface area contributed by atoms with E-state index in [1.54, 1.807) is 21.7 Å². The molecule has 1 N–H and O–H groups in total. The van der Waals surface area contributed by atoms with Crippen LogP contribution in [0, 0.1) is 6.92 Å². The van der Waals surface area contributed by atoms with E-state index in [9.17, 15) is 9.59 Å². The molecule has 2 aromatic heterocycles. The highest BCUT2D eigenvalue weighted by atomic mass is 16.5. The normalized spacial score (nSPS) is 16.1. The Morgan fingerprint density at radius 2 is 2.05 bits per heavy atom. The van der Waals surface area contributed by atoms with Gasteiger partial charge in [0, 0.05) is 19.7 Å². The van der Waals surface area contributed by atoms with Gasteiger partial charge in [0.2, 0.25) is 5.91 Å². The molecule has 9 heteroatoms. The molecule has 0 radical (unpaired) electrons. The highest BCUT2D eigenvalue weighted by molar-refractivity contribution is 5.88. The number of hydrogen-bond donors (Lipinski definition) is 1. The van der Waals surface area contributed by atoms with E-state index >= 15 is 0 Å². The zero-order valence-electron chi connectivity index (χ0n) is 20.9. The summed E-state index contributed by atoms with van der Waals surface area (Å²) in [6.07, 6.45) is 3.97. The van der Waals surface area contributed by atoms with Crippen LogP contribution in [0.15, 0.2) is 71.3 Å². The van der Waals surface area contributed by atoms with Crippen LogP contribution in [0.3, 0.4) is 0 Å². The van der Waals surface area contributed by atoms with Gasteiger partial charge in [-0.2, -0.15) is 0 Å². The number of ether oxygens (including phenoxy) is 1. The number of nitrogens with zero attached hydrogens (tertiary/aromatic N) is 4. The van der Waals surface area contributed by atoms with Gasteiger partial charge in [0.25, 0.3) is 5.91 Å². The predicted octanol–water partition coefficient (Wildman–Crippen LogP) is 3.44. The number of hydrogen-bond acceptors (Lipinski definition) is 6. The van der Waals surface area contributed by atoms with Gasteiger partial charge < -0.3 is 19.4 Å². The number of carbonyl (C=O) groups is 2. The molecule has 2 aromatic carbocycles. The number of amides is 2. The molecule has 0 bridgehead atoms. The molecule has 4 aromatic rings. The van der Waals surface area contributed by atoms with E-state index in [1.165, 1.54) is 6.26 Å². The molecular formula is C28H31N5O4. The zero-order valence-corrected chi connectivity index (χ0v) is 20.9. The van der Waals surface area contributed by atoms with E-state index < -0.39 is 6.04 Å². The molecule has 2 atom stereocenters. The Kier molecular flexibility index (Phi) is 7.60. The first-order valence-corrected chi connectivity index (χ1v) is 12.6. The molecule has 1 aliphatic heterocycles. The van der Waals surface area contributed by atoms with E-state index in [0.29, 0.717) is 37.4 Å². The van der Waals surface area contributed by atoms with Crippen molar-refractivity contribution >= 4 is 22.8 Å². The second kappa shape index (κ2) is 11.4. The van der Waals surface area contributed by atoms with Gasteiger partial charge in [-0.1, -0.05) is 47.2 Å². The maximum Gasteiger partial charge on any atom is 0.250 e. The van der Waals surface area contributed by atoms with Crippen molar-refractivity contribution in [3.8, 4) is 0 Å². The SMILES string of the molecule is Cc1cccc(CCN(C(=O)Cn2nnc3ccccc32)[C@H](C(=O)NC[C@H]2CCCO2)c2ccco2)c1. The molecule has 0 spiro atoms. The molecule has 1 saturated heterocycles. The van der Waals surface area contributed by atoms with Crippen molar-refractivity contribution < 1.29 is 18.7 Å². The molecule has 192 valence electrons. The third kappa shape index (κ3) is 5.89. The molecule has 3 heterocycles. The van der Waals surface area contributed by atoms with Gasteiger partial charge in [-0.3, -0.25) is 9.59 Å². The fourth-order valence-corrected chi connectivity index (χ4v) is 4.76. The Morgan fingerprint density at radius 3 is 2.84 bits per heavy atom. The second-order valence-corrected chi connectivity index (χ2v) is 9.36. The summed E-state index contributed by atoms with van der Waals surface area (Å²) in [4.78, 5) is 29.0. The Bertz CT molecular complexity index is 1340. The zero-order chi connectivity index (χ0) is 25.6. The van der Waals surface area contributed by atoms with Crippen LogP contribution in [-0.4, -0.2) is 57.5 Å². The van der Waals surface area contributed by atoms with Crippen molar-refractivity contribution in [2.75, 3.05) is 19.7 Å². The topological polar surface area (TPSA) is 102 Å². The highest BCUT2D eigenvalue weighted by Gasteiger charge is 2.34. The fourth-order valence-electron chi connectivity index (χ4n) is 4.76. The average molecular weight is 502 g/mol. The fraction of sp³-hybridized carbons (Fsp3) is 0.357. The second-order valence-electron chi connectivity index (χ2n) is 9.36. The Hall–Kier alpha value is -3.98. The molecule has 0 aliphatic carbocycles. The first-order chi connectivity index (χ1) is 18.1. The van der Waals surface area contributed by atoms with Crippen molar-refractivity contribution in [1.82, 2.24) is 25.2 Å². The van der Waals surface area contributed by atoms with Gasteiger partial charge in [0.1, 0.15) is 17.8 Å². The van der Waals surface area contributed by atoms with E-state index in [4.69, 9.17) is 9.15 Å². The molecule has 9 nitrogen and oxygen atoms in total. The van der Waals surface area contributed by atoms with E-state index in [2.05, 4.69) is 21.7 Å². The number of rotatable bonds is 10. The number of benzene rings is 2. The average Bonchev–Trinajstić information content (AvgIpc) is 3.68. The summed E-state index contributed by atoms with van der Waals surface area (Å²) in [6, 6.07) is 18.2. The van der Waals surface area contributed by atoms with Gasteiger partial charge in [-0.15, -0.1) is 5.10 Å². The lowest BCUT2D eigenvalue weighted by Crippen LogP contribution is -2.47. The van der Waals surface area contributed by atoms with Crippen molar-refractivity contribution in [3.63, 3.8) is 0 Å². The largest absolute Gasteiger partial charge is 0.467 e. The van der Waals surface area contributed by atoms with Crippen molar-refractivity contribution in [1.29, 1.82) is 0 Å². The Labute approximate surface area is 215 Å². The first kappa shape index (κ1) is 24.7. The molecular weight excluding hydrogens is 470 g/mol. The summed E-state index contributed by atoms with van der Waals surface area (Å²) in [6.45, 7) is 3.41. The lowest BCUT2D eigenvalue weighted by Gasteiger charge is -2.30. The lowest BCUT2D eigenvalue weighted by molar-refractivity contribution is -0.142. The predicted molar refractivity (Wildman–Crippen MR) is 138 cm³/mol. The minimum absolute atomic E-state index is 0.0147. The van der Waals surface area contributed by atoms with Crippen LogP contribution in [0.5, 0.6) is 0 Å². The molecule has 37 heavy (non-hydrogen) atoms. The number of para-hydroxylation sites is 1. The van der Waals surface area contributed by atoms with E-state index in [-0.39, 0.29) is 24.5 Å². The van der Waals surface area contributed by atoms with Gasteiger partial charge in [-0.25, -0.2) is 4.68 Å². The lowest BCUT2D eigenvalue weighted by atomic mass is 10.1. The van der Waals surface area contributed by atoms with Gasteiger partial charge in [-0.05, 0) is 56.0 Å². The molecule has 0 saturated carbocycles. The van der Waals surface area contributed by atoms with E-state index in [1.807, 2.05) is 49.4 Å². The smallest absolute Gasteiger partial charge is 0.250 e. The molecule has 5 rings (SSSR count). The minimum atomic E-state index is -0.927.